The van der Waals surface area contributed by atoms with Crippen LogP contribution < -0.4 is 5.73 Å². The highest BCUT2D eigenvalue weighted by molar-refractivity contribution is 9.10. The molecule has 0 aliphatic carbocycles. The van der Waals surface area contributed by atoms with Crippen LogP contribution in [0, 0.1) is 0 Å². The number of benzene rings is 1. The van der Waals surface area contributed by atoms with E-state index in [2.05, 4.69) is 20.9 Å². The maximum Gasteiger partial charge on any atom is 0.264 e. The number of carbonyl (C=O) groups is 1. The smallest absolute Gasteiger partial charge is 0.264 e. The molecule has 0 bridgehead atoms. The molecule has 1 atom stereocenters. The Hall–Kier alpha value is -1.76. The number of nitrogens with two attached hydrogens (primary N) is 1. The molecule has 1 amide bonds. The van der Waals surface area contributed by atoms with Crippen LogP contribution in [-0.2, 0) is 6.54 Å². The van der Waals surface area contributed by atoms with Crippen LogP contribution >= 0.6 is 27.3 Å². The number of carbonyl (C=O) groups excluding carboxylic acids is 1. The summed E-state index contributed by atoms with van der Waals surface area (Å²) in [6.07, 6.45) is 3.54. The van der Waals surface area contributed by atoms with Crippen molar-refractivity contribution in [3.05, 3.63) is 63.2 Å². The second-order valence-corrected chi connectivity index (χ2v) is 7.57. The van der Waals surface area contributed by atoms with Crippen LogP contribution in [0.1, 0.15) is 26.8 Å². The van der Waals surface area contributed by atoms with Gasteiger partial charge in [0.2, 0.25) is 0 Å². The van der Waals surface area contributed by atoms with Gasteiger partial charge in [0.25, 0.3) is 5.91 Å². The molecule has 6 heteroatoms. The first kappa shape index (κ1) is 14.8. The van der Waals surface area contributed by atoms with Gasteiger partial charge in [-0.05, 0) is 33.1 Å². The van der Waals surface area contributed by atoms with Gasteiger partial charge in [-0.2, -0.15) is 0 Å². The summed E-state index contributed by atoms with van der Waals surface area (Å²) >= 11 is 4.96. The van der Waals surface area contributed by atoms with Crippen molar-refractivity contribution in [3.8, 4) is 0 Å². The first-order valence-electron chi connectivity index (χ1n) is 7.29. The molecule has 3 heterocycles. The average Bonchev–Trinajstić information content (AvgIpc) is 3.00. The predicted molar refractivity (Wildman–Crippen MR) is 95.4 cm³/mol. The third-order valence-corrected chi connectivity index (χ3v) is 5.82. The Morgan fingerprint density at radius 3 is 3.00 bits per heavy atom. The van der Waals surface area contributed by atoms with E-state index in [1.165, 1.54) is 11.3 Å². The van der Waals surface area contributed by atoms with Crippen LogP contribution in [0.3, 0.4) is 0 Å². The quantitative estimate of drug-likeness (QED) is 0.691. The predicted octanol–water partition coefficient (Wildman–Crippen LogP) is 3.71. The van der Waals surface area contributed by atoms with E-state index in [-0.39, 0.29) is 11.9 Å². The second kappa shape index (κ2) is 5.70. The van der Waals surface area contributed by atoms with Crippen molar-refractivity contribution < 1.29 is 4.79 Å². The summed E-state index contributed by atoms with van der Waals surface area (Å²) in [6, 6.07) is 9.87. The molecule has 2 aromatic heterocycles. The van der Waals surface area contributed by atoms with Crippen molar-refractivity contribution in [3.63, 3.8) is 0 Å². The molecule has 0 saturated heterocycles. The molecule has 0 radical (unpaired) electrons. The largest absolute Gasteiger partial charge is 0.332 e. The van der Waals surface area contributed by atoms with Gasteiger partial charge in [-0.15, -0.1) is 11.3 Å². The number of halogens is 1. The number of nitrogens with zero attached hydrogens (tertiary/aromatic N) is 2. The molecule has 1 aliphatic heterocycles. The van der Waals surface area contributed by atoms with Gasteiger partial charge in [-0.1, -0.05) is 24.3 Å². The third kappa shape index (κ3) is 2.56. The van der Waals surface area contributed by atoms with Crippen molar-refractivity contribution in [1.82, 2.24) is 9.88 Å². The molecule has 0 saturated carbocycles. The fourth-order valence-electron chi connectivity index (χ4n) is 2.99. The number of hydrogen-bond donors (Lipinski definition) is 1. The van der Waals surface area contributed by atoms with E-state index in [0.717, 1.165) is 30.6 Å². The molecule has 23 heavy (non-hydrogen) atoms. The Morgan fingerprint density at radius 1 is 1.35 bits per heavy atom. The Morgan fingerprint density at radius 2 is 2.17 bits per heavy atom. The Balaban J connectivity index is 1.68. The van der Waals surface area contributed by atoms with Crippen molar-refractivity contribution in [2.45, 2.75) is 12.6 Å². The van der Waals surface area contributed by atoms with Crippen LogP contribution in [0.25, 0.3) is 10.1 Å². The number of amides is 1. The monoisotopic (exact) mass is 387 g/mol. The summed E-state index contributed by atoms with van der Waals surface area (Å²) in [5.74, 6) is 0.0306. The number of thiophene rings is 1. The first-order chi connectivity index (χ1) is 11.1. The molecule has 4 nitrogen and oxygen atoms in total. The minimum Gasteiger partial charge on any atom is -0.332 e. The maximum absolute atomic E-state index is 12.9. The van der Waals surface area contributed by atoms with Gasteiger partial charge in [0, 0.05) is 41.4 Å². The molecule has 1 aliphatic rings. The van der Waals surface area contributed by atoms with E-state index in [1.54, 1.807) is 12.4 Å². The molecular weight excluding hydrogens is 374 g/mol. The number of fused-ring (bicyclic) bond motifs is 2. The van der Waals surface area contributed by atoms with Gasteiger partial charge in [-0.25, -0.2) is 0 Å². The fraction of sp³-hybridized carbons (Fsp3) is 0.176. The summed E-state index contributed by atoms with van der Waals surface area (Å²) in [5, 5.41) is 1.02. The highest BCUT2D eigenvalue weighted by atomic mass is 79.9. The Labute approximate surface area is 146 Å². The normalized spacial score (nSPS) is 17.3. The summed E-state index contributed by atoms with van der Waals surface area (Å²) in [6.45, 7) is 1.15. The lowest BCUT2D eigenvalue weighted by Crippen LogP contribution is -2.40. The summed E-state index contributed by atoms with van der Waals surface area (Å²) in [4.78, 5) is 19.6. The summed E-state index contributed by atoms with van der Waals surface area (Å²) < 4.78 is 1.91. The van der Waals surface area contributed by atoms with Crippen molar-refractivity contribution >= 4 is 43.3 Å². The van der Waals surface area contributed by atoms with Crippen LogP contribution in [0.4, 0.5) is 0 Å². The van der Waals surface area contributed by atoms with Gasteiger partial charge in [0.15, 0.2) is 0 Å². The summed E-state index contributed by atoms with van der Waals surface area (Å²) in [7, 11) is 0. The lowest BCUT2D eigenvalue weighted by atomic mass is 9.96. The number of rotatable bonds is 1. The zero-order valence-corrected chi connectivity index (χ0v) is 14.6. The van der Waals surface area contributed by atoms with Gasteiger partial charge in [-0.3, -0.25) is 9.78 Å². The SMILES string of the molecule is NC1CN(C(=O)c2cc3c(Br)cncc3s2)Cc2ccccc21. The highest BCUT2D eigenvalue weighted by Gasteiger charge is 2.27. The molecule has 3 aromatic rings. The topological polar surface area (TPSA) is 59.2 Å². The highest BCUT2D eigenvalue weighted by Crippen LogP contribution is 2.32. The second-order valence-electron chi connectivity index (χ2n) is 5.63. The molecule has 2 N–H and O–H groups in total. The minimum atomic E-state index is -0.133. The lowest BCUT2D eigenvalue weighted by molar-refractivity contribution is 0.0723. The van der Waals surface area contributed by atoms with Gasteiger partial charge >= 0.3 is 0 Å². The number of aromatic nitrogens is 1. The molecule has 1 unspecified atom stereocenters. The van der Waals surface area contributed by atoms with Crippen molar-refractivity contribution in [2.24, 2.45) is 5.73 Å². The summed E-state index contributed by atoms with van der Waals surface area (Å²) in [5.41, 5.74) is 8.51. The molecule has 0 spiro atoms. The van der Waals surface area contributed by atoms with Crippen LogP contribution in [-0.4, -0.2) is 22.3 Å². The van der Waals surface area contributed by atoms with Crippen LogP contribution in [0.5, 0.6) is 0 Å². The maximum atomic E-state index is 12.9. The first-order valence-corrected chi connectivity index (χ1v) is 8.90. The minimum absolute atomic E-state index is 0.0306. The Bertz CT molecular complexity index is 908. The van der Waals surface area contributed by atoms with E-state index < -0.39 is 0 Å². The number of hydrogen-bond acceptors (Lipinski definition) is 4. The van der Waals surface area contributed by atoms with E-state index in [9.17, 15) is 4.79 Å². The van der Waals surface area contributed by atoms with Gasteiger partial charge in [0.1, 0.15) is 0 Å². The van der Waals surface area contributed by atoms with Crippen molar-refractivity contribution in [2.75, 3.05) is 6.54 Å². The molecular formula is C17H14BrN3OS. The molecule has 1 aromatic carbocycles. The van der Waals surface area contributed by atoms with E-state index in [1.807, 2.05) is 35.2 Å². The zero-order chi connectivity index (χ0) is 16.0. The van der Waals surface area contributed by atoms with Crippen LogP contribution in [0.15, 0.2) is 47.2 Å². The van der Waals surface area contributed by atoms with Gasteiger partial charge in [0.05, 0.1) is 9.58 Å². The van der Waals surface area contributed by atoms with E-state index >= 15 is 0 Å². The zero-order valence-electron chi connectivity index (χ0n) is 12.2. The molecule has 0 fully saturated rings. The Kier molecular flexibility index (Phi) is 3.67. The van der Waals surface area contributed by atoms with Crippen molar-refractivity contribution in [1.29, 1.82) is 0 Å². The fourth-order valence-corrected chi connectivity index (χ4v) is 4.59. The average molecular weight is 388 g/mol. The van der Waals surface area contributed by atoms with Gasteiger partial charge < -0.3 is 10.6 Å². The van der Waals surface area contributed by atoms with E-state index in [0.29, 0.717) is 13.1 Å². The van der Waals surface area contributed by atoms with Crippen LogP contribution in [0.2, 0.25) is 0 Å². The lowest BCUT2D eigenvalue weighted by Gasteiger charge is -2.32. The standard InChI is InChI=1S/C17H14BrN3OS/c18-13-6-20-7-16-12(13)5-15(23-16)17(22)21-8-10-3-1-2-4-11(10)14(19)9-21/h1-7,14H,8-9,19H2. The third-order valence-electron chi connectivity index (χ3n) is 4.13. The van der Waals surface area contributed by atoms with E-state index in [4.69, 9.17) is 5.73 Å². The molecule has 4 rings (SSSR count). The molecule has 116 valence electrons. The number of pyridine rings is 1.